The van der Waals surface area contributed by atoms with Gasteiger partial charge in [-0.1, -0.05) is 22.8 Å². The zero-order valence-electron chi connectivity index (χ0n) is 8.99. The predicted molar refractivity (Wildman–Crippen MR) is 63.6 cm³/mol. The van der Waals surface area contributed by atoms with Crippen LogP contribution in [0.5, 0.6) is 0 Å². The molecule has 0 atom stereocenters. The molecule has 3 rings (SSSR count). The van der Waals surface area contributed by atoms with E-state index >= 15 is 0 Å². The van der Waals surface area contributed by atoms with Gasteiger partial charge in [-0.05, 0) is 18.2 Å². The number of hydrogen-bond donors (Lipinski definition) is 0. The van der Waals surface area contributed by atoms with Gasteiger partial charge >= 0.3 is 0 Å². The van der Waals surface area contributed by atoms with Crippen LogP contribution in [-0.4, -0.2) is 25.1 Å². The van der Waals surface area contributed by atoms with Gasteiger partial charge in [0.1, 0.15) is 10.8 Å². The Hall–Kier alpha value is -2.34. The first-order chi connectivity index (χ1) is 8.83. The highest BCUT2D eigenvalue weighted by Crippen LogP contribution is 2.18. The minimum absolute atomic E-state index is 0.207. The first kappa shape index (κ1) is 10.8. The van der Waals surface area contributed by atoms with Gasteiger partial charge in [0.15, 0.2) is 0 Å². The van der Waals surface area contributed by atoms with Crippen LogP contribution in [0.15, 0.2) is 41.2 Å². The van der Waals surface area contributed by atoms with Crippen LogP contribution in [0, 0.1) is 0 Å². The highest BCUT2D eigenvalue weighted by molar-refractivity contribution is 6.29. The van der Waals surface area contributed by atoms with Crippen LogP contribution >= 0.6 is 11.6 Å². The number of hydrogen-bond acceptors (Lipinski definition) is 6. The standard InChI is InChI=1S/C11H6ClN5O/c12-8-4-6-14-10(15-8)11-16-9(17-18-11)7-3-1-2-5-13-7/h1-6H. The maximum atomic E-state index is 5.77. The summed E-state index contributed by atoms with van der Waals surface area (Å²) in [7, 11) is 0. The molecule has 0 radical (unpaired) electrons. The zero-order valence-corrected chi connectivity index (χ0v) is 9.74. The molecule has 0 saturated carbocycles. The van der Waals surface area contributed by atoms with E-state index in [1.807, 2.05) is 12.1 Å². The Kier molecular flexibility index (Phi) is 2.70. The Morgan fingerprint density at radius 1 is 0.944 bits per heavy atom. The second-order valence-corrected chi connectivity index (χ2v) is 3.73. The van der Waals surface area contributed by atoms with Crippen LogP contribution in [0.1, 0.15) is 0 Å². The normalized spacial score (nSPS) is 10.5. The Morgan fingerprint density at radius 3 is 2.67 bits per heavy atom. The van der Waals surface area contributed by atoms with Crippen molar-refractivity contribution in [2.75, 3.05) is 0 Å². The summed E-state index contributed by atoms with van der Waals surface area (Å²) in [6.07, 6.45) is 3.18. The third-order valence-corrected chi connectivity index (χ3v) is 2.34. The van der Waals surface area contributed by atoms with Gasteiger partial charge in [-0.25, -0.2) is 9.97 Å². The van der Waals surface area contributed by atoms with Crippen molar-refractivity contribution in [3.8, 4) is 23.2 Å². The van der Waals surface area contributed by atoms with E-state index in [9.17, 15) is 0 Å². The Labute approximate surface area is 107 Å². The molecular formula is C11H6ClN5O. The number of halogens is 1. The Morgan fingerprint density at radius 2 is 1.89 bits per heavy atom. The van der Waals surface area contributed by atoms with Gasteiger partial charge in [-0.15, -0.1) is 0 Å². The average molecular weight is 260 g/mol. The van der Waals surface area contributed by atoms with Gasteiger partial charge in [0, 0.05) is 12.4 Å². The van der Waals surface area contributed by atoms with E-state index in [0.717, 1.165) is 0 Å². The van der Waals surface area contributed by atoms with Crippen LogP contribution in [0.3, 0.4) is 0 Å². The highest BCUT2D eigenvalue weighted by atomic mass is 35.5. The highest BCUT2D eigenvalue weighted by Gasteiger charge is 2.13. The lowest BCUT2D eigenvalue weighted by atomic mass is 10.3. The van der Waals surface area contributed by atoms with E-state index in [1.165, 1.54) is 6.20 Å². The molecule has 0 aliphatic heterocycles. The van der Waals surface area contributed by atoms with Crippen LogP contribution < -0.4 is 0 Å². The lowest BCUT2D eigenvalue weighted by molar-refractivity contribution is 0.429. The number of pyridine rings is 1. The summed E-state index contributed by atoms with van der Waals surface area (Å²) < 4.78 is 5.08. The maximum absolute atomic E-state index is 5.77. The van der Waals surface area contributed by atoms with E-state index in [2.05, 4.69) is 25.1 Å². The molecular weight excluding hydrogens is 254 g/mol. The molecule has 0 aromatic carbocycles. The van der Waals surface area contributed by atoms with Crippen molar-refractivity contribution in [2.45, 2.75) is 0 Å². The number of nitrogens with zero attached hydrogens (tertiary/aromatic N) is 5. The van der Waals surface area contributed by atoms with E-state index in [4.69, 9.17) is 16.1 Å². The maximum Gasteiger partial charge on any atom is 0.296 e. The van der Waals surface area contributed by atoms with Crippen LogP contribution in [0.2, 0.25) is 5.15 Å². The minimum atomic E-state index is 0.207. The number of aromatic nitrogens is 5. The molecule has 0 fully saturated rings. The predicted octanol–water partition coefficient (Wildman–Crippen LogP) is 2.24. The van der Waals surface area contributed by atoms with Crippen molar-refractivity contribution in [1.29, 1.82) is 0 Å². The second kappa shape index (κ2) is 4.50. The van der Waals surface area contributed by atoms with Gasteiger partial charge in [-0.3, -0.25) is 4.98 Å². The topological polar surface area (TPSA) is 77.6 Å². The van der Waals surface area contributed by atoms with Crippen molar-refractivity contribution in [2.24, 2.45) is 0 Å². The van der Waals surface area contributed by atoms with Crippen molar-refractivity contribution in [3.63, 3.8) is 0 Å². The van der Waals surface area contributed by atoms with Crippen molar-refractivity contribution in [3.05, 3.63) is 41.8 Å². The lowest BCUT2D eigenvalue weighted by Crippen LogP contribution is -1.89. The fourth-order valence-corrected chi connectivity index (χ4v) is 1.49. The first-order valence-corrected chi connectivity index (χ1v) is 5.45. The fraction of sp³-hybridized carbons (Fsp3) is 0. The molecule has 0 aliphatic rings. The molecule has 0 saturated heterocycles. The lowest BCUT2D eigenvalue weighted by Gasteiger charge is -1.92. The summed E-state index contributed by atoms with van der Waals surface area (Å²) in [5.74, 6) is 0.879. The third kappa shape index (κ3) is 2.05. The van der Waals surface area contributed by atoms with Crippen molar-refractivity contribution >= 4 is 11.6 Å². The van der Waals surface area contributed by atoms with Gasteiger partial charge in [0.2, 0.25) is 11.6 Å². The van der Waals surface area contributed by atoms with Gasteiger partial charge < -0.3 is 4.52 Å². The fourth-order valence-electron chi connectivity index (χ4n) is 1.35. The van der Waals surface area contributed by atoms with Gasteiger partial charge in [0.05, 0.1) is 0 Å². The van der Waals surface area contributed by atoms with Crippen molar-refractivity contribution < 1.29 is 4.52 Å². The Balaban J connectivity index is 2.00. The van der Waals surface area contributed by atoms with Gasteiger partial charge in [0.25, 0.3) is 5.89 Å². The molecule has 3 aromatic heterocycles. The second-order valence-electron chi connectivity index (χ2n) is 3.34. The molecule has 0 unspecified atom stereocenters. The summed E-state index contributed by atoms with van der Waals surface area (Å²) >= 11 is 5.77. The zero-order chi connectivity index (χ0) is 12.4. The first-order valence-electron chi connectivity index (χ1n) is 5.07. The van der Waals surface area contributed by atoms with Crippen LogP contribution in [0.4, 0.5) is 0 Å². The van der Waals surface area contributed by atoms with E-state index < -0.39 is 0 Å². The molecule has 3 aromatic rings. The summed E-state index contributed by atoms with van der Waals surface area (Å²) in [4.78, 5) is 16.3. The summed E-state index contributed by atoms with van der Waals surface area (Å²) in [5.41, 5.74) is 0.620. The quantitative estimate of drug-likeness (QED) is 0.657. The molecule has 6 nitrogen and oxygen atoms in total. The van der Waals surface area contributed by atoms with Crippen LogP contribution in [0.25, 0.3) is 23.2 Å². The monoisotopic (exact) mass is 259 g/mol. The molecule has 0 bridgehead atoms. The third-order valence-electron chi connectivity index (χ3n) is 2.13. The van der Waals surface area contributed by atoms with Gasteiger partial charge in [-0.2, -0.15) is 4.98 Å². The summed E-state index contributed by atoms with van der Waals surface area (Å²) in [6.45, 7) is 0. The SMILES string of the molecule is Clc1ccnc(-c2nc(-c3ccccn3)no2)n1. The van der Waals surface area contributed by atoms with Crippen molar-refractivity contribution in [1.82, 2.24) is 25.1 Å². The molecule has 0 amide bonds. The molecule has 0 N–H and O–H groups in total. The molecule has 7 heteroatoms. The largest absolute Gasteiger partial charge is 0.330 e. The van der Waals surface area contributed by atoms with E-state index in [0.29, 0.717) is 16.7 Å². The molecule has 18 heavy (non-hydrogen) atoms. The molecule has 88 valence electrons. The number of rotatable bonds is 2. The van der Waals surface area contributed by atoms with E-state index in [1.54, 1.807) is 18.3 Å². The summed E-state index contributed by atoms with van der Waals surface area (Å²) in [5, 5.41) is 4.14. The van der Waals surface area contributed by atoms with Crippen LogP contribution in [-0.2, 0) is 0 Å². The van der Waals surface area contributed by atoms with E-state index in [-0.39, 0.29) is 11.7 Å². The summed E-state index contributed by atoms with van der Waals surface area (Å²) in [6, 6.07) is 7.01. The average Bonchev–Trinajstić information content (AvgIpc) is 2.89. The smallest absolute Gasteiger partial charge is 0.296 e. The molecule has 0 aliphatic carbocycles. The molecule has 3 heterocycles. The minimum Gasteiger partial charge on any atom is -0.330 e. The molecule has 0 spiro atoms. The Bertz CT molecular complexity index is 670.